The molecule has 0 bridgehead atoms. The van der Waals surface area contributed by atoms with Gasteiger partial charge in [-0.05, 0) is 77.4 Å². The number of carbonyl (C=O) groups is 1. The van der Waals surface area contributed by atoms with Crippen molar-refractivity contribution in [2.24, 2.45) is 0 Å². The summed E-state index contributed by atoms with van der Waals surface area (Å²) >= 11 is 0. The zero-order valence-corrected chi connectivity index (χ0v) is 30.3. The fraction of sp³-hybridized carbons (Fsp3) is 0.333. The SMILES string of the molecule is COc1ccc(C(C)C)cc1-c1ccc(C(C)(F)F)cc1CN(Cc1cc(C#N)cc(C(F)(F)F)c1)c1ncc(OCCCC(=O)[O-])cn1.[Na+]. The van der Waals surface area contributed by atoms with Crippen molar-refractivity contribution < 1.29 is 70.9 Å². The summed E-state index contributed by atoms with van der Waals surface area (Å²) in [7, 11) is 1.49. The van der Waals surface area contributed by atoms with Crippen LogP contribution in [0.3, 0.4) is 0 Å². The minimum absolute atomic E-state index is 0. The summed E-state index contributed by atoms with van der Waals surface area (Å²) in [6, 6.07) is 14.5. The molecular weight excluding hydrogens is 670 g/mol. The number of carbonyl (C=O) groups excluding carboxylic acids is 1. The maximum Gasteiger partial charge on any atom is 1.00 e. The topological polar surface area (TPSA) is 111 Å². The molecule has 0 amide bonds. The number of halogens is 5. The van der Waals surface area contributed by atoms with Gasteiger partial charge < -0.3 is 24.3 Å². The number of carboxylic acids is 1. The average Bonchev–Trinajstić information content (AvgIpc) is 3.05. The number of rotatable bonds is 14. The molecule has 0 aliphatic carbocycles. The molecule has 1 aromatic heterocycles. The second kappa shape index (κ2) is 17.1. The average molecular weight is 705 g/mol. The summed E-state index contributed by atoms with van der Waals surface area (Å²) in [4.78, 5) is 20.9. The molecule has 8 nitrogen and oxygen atoms in total. The smallest absolute Gasteiger partial charge is 0.550 e. The second-order valence-electron chi connectivity index (χ2n) is 11.8. The van der Waals surface area contributed by atoms with E-state index in [4.69, 9.17) is 9.47 Å². The van der Waals surface area contributed by atoms with Gasteiger partial charge in [-0.3, -0.25) is 0 Å². The molecule has 0 saturated carbocycles. The number of benzene rings is 3. The van der Waals surface area contributed by atoms with Gasteiger partial charge in [-0.1, -0.05) is 32.0 Å². The van der Waals surface area contributed by atoms with Gasteiger partial charge in [-0.2, -0.15) is 18.4 Å². The third kappa shape index (κ3) is 10.6. The number of aromatic nitrogens is 2. The number of ether oxygens (including phenoxy) is 2. The van der Waals surface area contributed by atoms with Crippen LogP contribution in [-0.2, 0) is 30.0 Å². The van der Waals surface area contributed by atoms with E-state index >= 15 is 0 Å². The van der Waals surface area contributed by atoms with Crippen LogP contribution in [-0.4, -0.2) is 29.7 Å². The van der Waals surface area contributed by atoms with Crippen molar-refractivity contribution in [3.8, 4) is 28.7 Å². The molecule has 4 rings (SSSR count). The monoisotopic (exact) mass is 704 g/mol. The maximum absolute atomic E-state index is 14.7. The molecule has 0 aliphatic heterocycles. The van der Waals surface area contributed by atoms with Crippen LogP contribution in [0, 0.1) is 11.3 Å². The van der Waals surface area contributed by atoms with Crippen molar-refractivity contribution in [2.45, 2.75) is 64.7 Å². The van der Waals surface area contributed by atoms with Crippen molar-refractivity contribution >= 4 is 11.9 Å². The number of nitriles is 1. The van der Waals surface area contributed by atoms with E-state index < -0.39 is 23.6 Å². The first-order valence-electron chi connectivity index (χ1n) is 15.3. The predicted molar refractivity (Wildman–Crippen MR) is 170 cm³/mol. The number of aliphatic carboxylic acids is 1. The third-order valence-electron chi connectivity index (χ3n) is 7.67. The van der Waals surface area contributed by atoms with Gasteiger partial charge in [-0.15, -0.1) is 0 Å². The Balaban J connectivity index is 0.00000676. The molecule has 0 spiro atoms. The number of nitrogens with zero attached hydrogens (tertiary/aromatic N) is 4. The van der Waals surface area contributed by atoms with Gasteiger partial charge in [0.1, 0.15) is 5.75 Å². The molecular formula is C36H34F5N4NaO4. The number of methoxy groups -OCH3 is 1. The number of hydrogen-bond donors (Lipinski definition) is 0. The van der Waals surface area contributed by atoms with Gasteiger partial charge in [0.05, 0.1) is 43.3 Å². The van der Waals surface area contributed by atoms with Gasteiger partial charge >= 0.3 is 35.7 Å². The minimum Gasteiger partial charge on any atom is -0.550 e. The van der Waals surface area contributed by atoms with E-state index in [0.717, 1.165) is 24.6 Å². The molecule has 3 aromatic carbocycles. The summed E-state index contributed by atoms with van der Waals surface area (Å²) in [5.74, 6) is -3.58. The molecule has 0 fully saturated rings. The summed E-state index contributed by atoms with van der Waals surface area (Å²) in [6.07, 6.45) is -2.14. The third-order valence-corrected chi connectivity index (χ3v) is 7.67. The first-order valence-corrected chi connectivity index (χ1v) is 15.3. The number of alkyl halides is 5. The van der Waals surface area contributed by atoms with Crippen molar-refractivity contribution in [1.29, 1.82) is 5.26 Å². The Kier molecular flexibility index (Phi) is 13.8. The second-order valence-corrected chi connectivity index (χ2v) is 11.8. The van der Waals surface area contributed by atoms with E-state index in [2.05, 4.69) is 9.97 Å². The number of carboxylic acid groups (broad SMARTS) is 1. The normalized spacial score (nSPS) is 11.5. The van der Waals surface area contributed by atoms with Gasteiger partial charge in [0.2, 0.25) is 5.95 Å². The van der Waals surface area contributed by atoms with Crippen LogP contribution >= 0.6 is 0 Å². The molecule has 0 unspecified atom stereocenters. The van der Waals surface area contributed by atoms with Crippen LogP contribution in [0.1, 0.15) is 72.9 Å². The first kappa shape index (κ1) is 40.2. The Morgan fingerprint density at radius 3 is 2.24 bits per heavy atom. The molecule has 4 aromatic rings. The molecule has 1 heterocycles. The molecule has 258 valence electrons. The fourth-order valence-corrected chi connectivity index (χ4v) is 5.14. The van der Waals surface area contributed by atoms with Crippen LogP contribution in [0.25, 0.3) is 11.1 Å². The summed E-state index contributed by atoms with van der Waals surface area (Å²) in [5.41, 5.74) is 1.12. The van der Waals surface area contributed by atoms with Crippen LogP contribution in [0.5, 0.6) is 11.5 Å². The molecule has 0 saturated heterocycles. The predicted octanol–water partition coefficient (Wildman–Crippen LogP) is 4.40. The molecule has 14 heteroatoms. The molecule has 0 atom stereocenters. The Labute approximate surface area is 309 Å². The van der Waals surface area contributed by atoms with Crippen LogP contribution in [0.4, 0.5) is 27.9 Å². The Morgan fingerprint density at radius 1 is 0.960 bits per heavy atom. The van der Waals surface area contributed by atoms with E-state index in [1.54, 1.807) is 18.2 Å². The first-order chi connectivity index (χ1) is 23.1. The van der Waals surface area contributed by atoms with E-state index in [9.17, 15) is 37.1 Å². The van der Waals surface area contributed by atoms with Crippen molar-refractivity contribution in [2.75, 3.05) is 18.6 Å². The summed E-state index contributed by atoms with van der Waals surface area (Å²) < 4.78 is 81.9. The van der Waals surface area contributed by atoms with Crippen LogP contribution < -0.4 is 49.0 Å². The van der Waals surface area contributed by atoms with Gasteiger partial charge in [-0.25, -0.2) is 18.7 Å². The molecule has 0 aliphatic rings. The van der Waals surface area contributed by atoms with Crippen molar-refractivity contribution in [1.82, 2.24) is 9.97 Å². The Hall–Kier alpha value is -4.25. The molecule has 0 radical (unpaired) electrons. The summed E-state index contributed by atoms with van der Waals surface area (Å²) in [5, 5.41) is 20.2. The number of anilines is 1. The molecule has 0 N–H and O–H groups in total. The Bertz CT molecular complexity index is 1820. The van der Waals surface area contributed by atoms with E-state index in [0.29, 0.717) is 22.4 Å². The largest absolute Gasteiger partial charge is 1.00 e. The van der Waals surface area contributed by atoms with Crippen molar-refractivity contribution in [3.05, 3.63) is 100 Å². The quantitative estimate of drug-likeness (QED) is 0.108. The van der Waals surface area contributed by atoms with Gasteiger partial charge in [0, 0.05) is 37.1 Å². The zero-order chi connectivity index (χ0) is 35.9. The van der Waals surface area contributed by atoms with Gasteiger partial charge in [0.15, 0.2) is 5.75 Å². The van der Waals surface area contributed by atoms with Crippen LogP contribution in [0.15, 0.2) is 67.0 Å². The maximum atomic E-state index is 14.7. The fourth-order valence-electron chi connectivity index (χ4n) is 5.14. The van der Waals surface area contributed by atoms with Crippen molar-refractivity contribution in [3.63, 3.8) is 0 Å². The minimum atomic E-state index is -4.73. The molecule has 50 heavy (non-hydrogen) atoms. The van der Waals surface area contributed by atoms with E-state index in [-0.39, 0.29) is 96.4 Å². The number of hydrogen-bond acceptors (Lipinski definition) is 8. The van der Waals surface area contributed by atoms with Crippen LogP contribution in [0.2, 0.25) is 0 Å². The van der Waals surface area contributed by atoms with Gasteiger partial charge in [0.25, 0.3) is 5.92 Å². The van der Waals surface area contributed by atoms with E-state index in [1.165, 1.54) is 42.6 Å². The Morgan fingerprint density at radius 2 is 1.66 bits per heavy atom. The summed E-state index contributed by atoms with van der Waals surface area (Å²) in [6.45, 7) is 4.45. The van der Waals surface area contributed by atoms with E-state index in [1.807, 2.05) is 26.0 Å². The zero-order valence-electron chi connectivity index (χ0n) is 28.3. The standard InChI is InChI=1S/C36H35F5N4O4.Na/c1-22(2)25-7-10-32(48-4)31(16-25)30-9-8-27(35(3,37)38)15-26(30)21-45(20-24-12-23(17-42)13-28(14-24)36(39,40)41)34-43-18-29(19-44-34)49-11-5-6-33(46)47;/h7-10,12-16,18-19,22H,5-6,11,20-21H2,1-4H3,(H,46,47);/q;+1/p-1.